The summed E-state index contributed by atoms with van der Waals surface area (Å²) < 4.78 is 19.7. The van der Waals surface area contributed by atoms with Crippen LogP contribution in [0.2, 0.25) is 0 Å². The van der Waals surface area contributed by atoms with E-state index in [1.165, 1.54) is 16.9 Å². The standard InChI is InChI=1S/C31H27IN2O5S/c1-4-39-25-14-17(13-22(32)29(25)35)15-26-30(36)34-28(19-10-12-23(37-2)24(16-19)38-3)21-11-9-18-7-5-6-8-20(18)27(21)33-31(34)40-26/h5-8,10,12-16,28,35H,4,9,11H2,1-3H3/b26-15-/t28-/m1/s1. The summed E-state index contributed by atoms with van der Waals surface area (Å²) in [4.78, 5) is 19.8. The Morgan fingerprint density at radius 1 is 1.07 bits per heavy atom. The van der Waals surface area contributed by atoms with Crippen LogP contribution in [0.3, 0.4) is 0 Å². The number of hydrogen-bond acceptors (Lipinski definition) is 7. The van der Waals surface area contributed by atoms with Crippen molar-refractivity contribution < 1.29 is 19.3 Å². The van der Waals surface area contributed by atoms with Gasteiger partial charge in [0.2, 0.25) is 0 Å². The lowest BCUT2D eigenvalue weighted by Crippen LogP contribution is -2.38. The number of allylic oxidation sites excluding steroid dienone is 1. The summed E-state index contributed by atoms with van der Waals surface area (Å²) in [5, 5.41) is 10.4. The fourth-order valence-corrected chi connectivity index (χ4v) is 7.07. The van der Waals surface area contributed by atoms with E-state index in [0.29, 0.717) is 36.8 Å². The highest BCUT2D eigenvalue weighted by molar-refractivity contribution is 14.1. The SMILES string of the molecule is CCOc1cc(/C=c2\sc3n(c2=O)[C@H](c2ccc(OC)c(OC)c2)C2=C(N=3)c3ccccc3CC2)cc(I)c1O. The summed E-state index contributed by atoms with van der Waals surface area (Å²) in [6, 6.07) is 17.4. The predicted octanol–water partition coefficient (Wildman–Crippen LogP) is 5.04. The molecule has 40 heavy (non-hydrogen) atoms. The van der Waals surface area contributed by atoms with Gasteiger partial charge in [0.1, 0.15) is 0 Å². The Labute approximate surface area is 248 Å². The number of halogens is 1. The maximum Gasteiger partial charge on any atom is 0.271 e. The molecule has 3 aromatic carbocycles. The van der Waals surface area contributed by atoms with E-state index in [0.717, 1.165) is 40.8 Å². The number of nitrogens with zero attached hydrogens (tertiary/aromatic N) is 2. The normalized spacial score (nSPS) is 16.1. The molecule has 1 N–H and O–H groups in total. The minimum Gasteiger partial charge on any atom is -0.504 e. The molecule has 1 aromatic heterocycles. The molecule has 2 aliphatic rings. The van der Waals surface area contributed by atoms with Gasteiger partial charge in [0.05, 0.1) is 40.7 Å². The average Bonchev–Trinajstić information content (AvgIpc) is 3.28. The lowest BCUT2D eigenvalue weighted by Gasteiger charge is -2.31. The number of aromatic hydroxyl groups is 1. The molecule has 0 radical (unpaired) electrons. The highest BCUT2D eigenvalue weighted by atomic mass is 127. The molecular weight excluding hydrogens is 639 g/mol. The van der Waals surface area contributed by atoms with E-state index in [-0.39, 0.29) is 17.4 Å². The average molecular weight is 667 g/mol. The zero-order chi connectivity index (χ0) is 28.0. The van der Waals surface area contributed by atoms with E-state index in [1.54, 1.807) is 24.9 Å². The molecule has 6 rings (SSSR count). The number of ether oxygens (including phenoxy) is 3. The van der Waals surface area contributed by atoms with Crippen LogP contribution in [0.5, 0.6) is 23.0 Å². The molecule has 0 bridgehead atoms. The van der Waals surface area contributed by atoms with Crippen molar-refractivity contribution >= 4 is 45.7 Å². The first kappa shape index (κ1) is 26.6. The first-order chi connectivity index (χ1) is 19.4. The van der Waals surface area contributed by atoms with Crippen LogP contribution in [-0.4, -0.2) is 30.5 Å². The topological polar surface area (TPSA) is 82.3 Å². The summed E-state index contributed by atoms with van der Waals surface area (Å²) in [7, 11) is 3.23. The lowest BCUT2D eigenvalue weighted by molar-refractivity contribution is 0.317. The van der Waals surface area contributed by atoms with Crippen LogP contribution >= 0.6 is 33.9 Å². The van der Waals surface area contributed by atoms with Gasteiger partial charge in [0, 0.05) is 5.56 Å². The number of rotatable bonds is 6. The summed E-state index contributed by atoms with van der Waals surface area (Å²) >= 11 is 3.44. The van der Waals surface area contributed by atoms with Gasteiger partial charge < -0.3 is 19.3 Å². The van der Waals surface area contributed by atoms with Crippen molar-refractivity contribution in [2.24, 2.45) is 4.99 Å². The number of aryl methyl sites for hydroxylation is 1. The third-order valence-corrected chi connectivity index (χ3v) is 9.05. The van der Waals surface area contributed by atoms with Crippen LogP contribution in [-0.2, 0) is 6.42 Å². The minimum absolute atomic E-state index is 0.0980. The Balaban J connectivity index is 1.59. The van der Waals surface area contributed by atoms with Gasteiger partial charge in [-0.25, -0.2) is 4.99 Å². The van der Waals surface area contributed by atoms with Crippen molar-refractivity contribution in [3.8, 4) is 23.0 Å². The fourth-order valence-electron chi connectivity index (χ4n) is 5.44. The molecule has 0 amide bonds. The zero-order valence-electron chi connectivity index (χ0n) is 22.2. The van der Waals surface area contributed by atoms with Gasteiger partial charge in [-0.15, -0.1) is 0 Å². The fraction of sp³-hybridized carbons (Fsp3) is 0.226. The maximum atomic E-state index is 14.1. The molecule has 0 saturated heterocycles. The minimum atomic E-state index is -0.333. The van der Waals surface area contributed by atoms with Crippen molar-refractivity contribution in [1.82, 2.24) is 4.57 Å². The van der Waals surface area contributed by atoms with Gasteiger partial charge in [-0.3, -0.25) is 9.36 Å². The van der Waals surface area contributed by atoms with Gasteiger partial charge in [0.15, 0.2) is 27.8 Å². The first-order valence-electron chi connectivity index (χ1n) is 12.9. The molecule has 0 unspecified atom stereocenters. The molecule has 1 atom stereocenters. The van der Waals surface area contributed by atoms with Crippen LogP contribution in [0, 0.1) is 3.57 Å². The molecule has 0 fully saturated rings. The van der Waals surface area contributed by atoms with E-state index < -0.39 is 0 Å². The summed E-state index contributed by atoms with van der Waals surface area (Å²) in [5.41, 5.74) is 6.01. The predicted molar refractivity (Wildman–Crippen MR) is 164 cm³/mol. The molecule has 204 valence electrons. The molecule has 2 heterocycles. The number of aromatic nitrogens is 1. The molecular formula is C31H27IN2O5S. The van der Waals surface area contributed by atoms with Gasteiger partial charge >= 0.3 is 0 Å². The van der Waals surface area contributed by atoms with Gasteiger partial charge in [-0.1, -0.05) is 41.7 Å². The van der Waals surface area contributed by atoms with Crippen molar-refractivity contribution in [2.75, 3.05) is 20.8 Å². The largest absolute Gasteiger partial charge is 0.504 e. The Kier molecular flexibility index (Phi) is 7.18. The molecule has 7 nitrogen and oxygen atoms in total. The number of benzene rings is 3. The second-order valence-electron chi connectivity index (χ2n) is 9.51. The van der Waals surface area contributed by atoms with Gasteiger partial charge in [-0.2, -0.15) is 0 Å². The second-order valence-corrected chi connectivity index (χ2v) is 11.7. The summed E-state index contributed by atoms with van der Waals surface area (Å²) in [6.07, 6.45) is 3.52. The zero-order valence-corrected chi connectivity index (χ0v) is 25.2. The number of thiazole rings is 1. The highest BCUT2D eigenvalue weighted by Gasteiger charge is 2.33. The highest BCUT2D eigenvalue weighted by Crippen LogP contribution is 2.43. The van der Waals surface area contributed by atoms with E-state index in [2.05, 4.69) is 40.8 Å². The molecule has 1 aliphatic carbocycles. The van der Waals surface area contributed by atoms with Gasteiger partial charge in [0.25, 0.3) is 5.56 Å². The molecule has 4 aromatic rings. The number of fused-ring (bicyclic) bond motifs is 3. The van der Waals surface area contributed by atoms with Gasteiger partial charge in [-0.05, 0) is 95.0 Å². The Hall–Kier alpha value is -3.57. The van der Waals surface area contributed by atoms with Crippen LogP contribution in [0.15, 0.2) is 70.0 Å². The molecule has 0 saturated carbocycles. The first-order valence-corrected chi connectivity index (χ1v) is 14.8. The Bertz CT molecular complexity index is 1860. The quantitative estimate of drug-likeness (QED) is 0.292. The maximum absolute atomic E-state index is 14.1. The molecule has 0 spiro atoms. The smallest absolute Gasteiger partial charge is 0.271 e. The third-order valence-electron chi connectivity index (χ3n) is 7.24. The van der Waals surface area contributed by atoms with Crippen molar-refractivity contribution in [2.45, 2.75) is 25.8 Å². The number of phenols is 1. The molecule has 1 aliphatic heterocycles. The summed E-state index contributed by atoms with van der Waals surface area (Å²) in [5.74, 6) is 1.73. The van der Waals surface area contributed by atoms with E-state index in [1.807, 2.05) is 43.3 Å². The number of methoxy groups -OCH3 is 2. The van der Waals surface area contributed by atoms with Crippen LogP contribution in [0.1, 0.15) is 41.6 Å². The molecule has 9 heteroatoms. The Morgan fingerprint density at radius 2 is 1.88 bits per heavy atom. The second kappa shape index (κ2) is 10.8. The lowest BCUT2D eigenvalue weighted by atomic mass is 9.83. The van der Waals surface area contributed by atoms with E-state index >= 15 is 0 Å². The Morgan fingerprint density at radius 3 is 2.65 bits per heavy atom. The number of phenolic OH excluding ortho intramolecular Hbond substituents is 1. The van der Waals surface area contributed by atoms with Crippen LogP contribution in [0.4, 0.5) is 0 Å². The van der Waals surface area contributed by atoms with E-state index in [4.69, 9.17) is 19.2 Å². The van der Waals surface area contributed by atoms with Crippen LogP contribution in [0.25, 0.3) is 11.8 Å². The van der Waals surface area contributed by atoms with E-state index in [9.17, 15) is 9.90 Å². The monoisotopic (exact) mass is 666 g/mol. The van der Waals surface area contributed by atoms with Crippen molar-refractivity contribution in [3.63, 3.8) is 0 Å². The number of hydrogen-bond donors (Lipinski definition) is 1. The third kappa shape index (κ3) is 4.50. The van der Waals surface area contributed by atoms with Crippen LogP contribution < -0.4 is 29.1 Å². The van der Waals surface area contributed by atoms with Crippen molar-refractivity contribution in [1.29, 1.82) is 0 Å². The summed E-state index contributed by atoms with van der Waals surface area (Å²) in [6.45, 7) is 2.29. The van der Waals surface area contributed by atoms with Crippen molar-refractivity contribution in [3.05, 3.63) is 106 Å².